The quantitative estimate of drug-likeness (QED) is 0.592. The third-order valence-corrected chi connectivity index (χ3v) is 4.72. The number of allylic oxidation sites excluding steroid dienone is 3. The maximum absolute atomic E-state index is 11.9. The number of rotatable bonds is 5. The Hall–Kier alpha value is -2.13. The molecule has 1 aliphatic carbocycles. The SMILES string of the molecule is CC1=C(/C=C/C(C)(O)/C=C\OC(=O)c2ccccc2)C(C)(C)CCC1. The smallest absolute Gasteiger partial charge is 0.342 e. The van der Waals surface area contributed by atoms with Crippen LogP contribution in [0.5, 0.6) is 0 Å². The Morgan fingerprint density at radius 3 is 2.56 bits per heavy atom. The van der Waals surface area contributed by atoms with Gasteiger partial charge in [0.1, 0.15) is 5.60 Å². The molecule has 3 heteroatoms. The molecule has 1 aromatic rings. The molecule has 1 N–H and O–H groups in total. The van der Waals surface area contributed by atoms with Gasteiger partial charge in [0, 0.05) is 0 Å². The van der Waals surface area contributed by atoms with Gasteiger partial charge in [0.25, 0.3) is 0 Å². The van der Waals surface area contributed by atoms with Gasteiger partial charge in [0.05, 0.1) is 11.8 Å². The topological polar surface area (TPSA) is 46.5 Å². The van der Waals surface area contributed by atoms with Crippen molar-refractivity contribution in [3.63, 3.8) is 0 Å². The molecule has 0 saturated carbocycles. The van der Waals surface area contributed by atoms with Gasteiger partial charge in [-0.05, 0) is 68.4 Å². The third kappa shape index (κ3) is 5.43. The van der Waals surface area contributed by atoms with Crippen molar-refractivity contribution in [2.75, 3.05) is 0 Å². The van der Waals surface area contributed by atoms with E-state index in [1.807, 2.05) is 12.1 Å². The average molecular weight is 340 g/mol. The van der Waals surface area contributed by atoms with E-state index >= 15 is 0 Å². The van der Waals surface area contributed by atoms with Crippen LogP contribution in [0.1, 0.15) is 57.3 Å². The van der Waals surface area contributed by atoms with Crippen molar-refractivity contribution >= 4 is 5.97 Å². The minimum Gasteiger partial charge on any atom is -0.431 e. The number of ether oxygens (including phenoxy) is 1. The molecule has 0 bridgehead atoms. The lowest BCUT2D eigenvalue weighted by molar-refractivity contribution is 0.0656. The summed E-state index contributed by atoms with van der Waals surface area (Å²) < 4.78 is 5.09. The monoisotopic (exact) mass is 340 g/mol. The molecule has 0 fully saturated rings. The van der Waals surface area contributed by atoms with Gasteiger partial charge in [-0.3, -0.25) is 0 Å². The van der Waals surface area contributed by atoms with Gasteiger partial charge in [-0.15, -0.1) is 0 Å². The molecule has 0 amide bonds. The van der Waals surface area contributed by atoms with Crippen molar-refractivity contribution in [2.45, 2.75) is 52.6 Å². The number of carbonyl (C=O) groups is 1. The van der Waals surface area contributed by atoms with Gasteiger partial charge in [-0.1, -0.05) is 43.7 Å². The lowest BCUT2D eigenvalue weighted by Gasteiger charge is -2.33. The van der Waals surface area contributed by atoms with Gasteiger partial charge in [0.2, 0.25) is 0 Å². The summed E-state index contributed by atoms with van der Waals surface area (Å²) >= 11 is 0. The van der Waals surface area contributed by atoms with Gasteiger partial charge in [-0.2, -0.15) is 0 Å². The molecular weight excluding hydrogens is 312 g/mol. The summed E-state index contributed by atoms with van der Waals surface area (Å²) in [7, 11) is 0. The zero-order valence-corrected chi connectivity index (χ0v) is 15.6. The van der Waals surface area contributed by atoms with Crippen molar-refractivity contribution in [3.05, 3.63) is 71.5 Å². The van der Waals surface area contributed by atoms with E-state index in [9.17, 15) is 9.90 Å². The summed E-state index contributed by atoms with van der Waals surface area (Å²) in [6.45, 7) is 8.30. The van der Waals surface area contributed by atoms with E-state index in [4.69, 9.17) is 4.74 Å². The van der Waals surface area contributed by atoms with Crippen molar-refractivity contribution in [2.24, 2.45) is 5.41 Å². The fourth-order valence-electron chi connectivity index (χ4n) is 3.19. The molecule has 0 aromatic heterocycles. The zero-order chi connectivity index (χ0) is 18.5. The van der Waals surface area contributed by atoms with Gasteiger partial charge in [0.15, 0.2) is 0 Å². The summed E-state index contributed by atoms with van der Waals surface area (Å²) in [5.74, 6) is -0.441. The van der Waals surface area contributed by atoms with Crippen molar-refractivity contribution in [1.29, 1.82) is 0 Å². The third-order valence-electron chi connectivity index (χ3n) is 4.72. The van der Waals surface area contributed by atoms with Gasteiger partial charge < -0.3 is 9.84 Å². The van der Waals surface area contributed by atoms with Crippen LogP contribution in [0.25, 0.3) is 0 Å². The molecule has 0 saturated heterocycles. The zero-order valence-electron chi connectivity index (χ0n) is 15.6. The van der Waals surface area contributed by atoms with Crippen LogP contribution in [0, 0.1) is 5.41 Å². The summed E-state index contributed by atoms with van der Waals surface area (Å²) in [5.41, 5.74) is 2.08. The van der Waals surface area contributed by atoms with E-state index in [0.29, 0.717) is 5.56 Å². The van der Waals surface area contributed by atoms with Crippen LogP contribution in [0.4, 0.5) is 0 Å². The highest BCUT2D eigenvalue weighted by Crippen LogP contribution is 2.40. The Morgan fingerprint density at radius 2 is 1.92 bits per heavy atom. The molecule has 0 heterocycles. The lowest BCUT2D eigenvalue weighted by Crippen LogP contribution is -2.21. The van der Waals surface area contributed by atoms with E-state index in [0.717, 1.165) is 12.8 Å². The molecule has 25 heavy (non-hydrogen) atoms. The molecule has 1 unspecified atom stereocenters. The normalized spacial score (nSPS) is 20.0. The van der Waals surface area contributed by atoms with Crippen LogP contribution in [0.3, 0.4) is 0 Å². The minimum atomic E-state index is -1.18. The Morgan fingerprint density at radius 1 is 1.24 bits per heavy atom. The Labute approximate surface area is 150 Å². The molecule has 1 aliphatic rings. The van der Waals surface area contributed by atoms with E-state index in [1.54, 1.807) is 37.3 Å². The average Bonchev–Trinajstić information content (AvgIpc) is 2.54. The first kappa shape index (κ1) is 19.2. The van der Waals surface area contributed by atoms with Crippen LogP contribution >= 0.6 is 0 Å². The second kappa shape index (κ2) is 7.83. The number of hydrogen-bond acceptors (Lipinski definition) is 3. The van der Waals surface area contributed by atoms with Crippen molar-refractivity contribution in [1.82, 2.24) is 0 Å². The van der Waals surface area contributed by atoms with Crippen LogP contribution in [0.2, 0.25) is 0 Å². The molecule has 1 atom stereocenters. The van der Waals surface area contributed by atoms with E-state index < -0.39 is 11.6 Å². The highest BCUT2D eigenvalue weighted by Gasteiger charge is 2.27. The minimum absolute atomic E-state index is 0.123. The van der Waals surface area contributed by atoms with Crippen molar-refractivity contribution in [3.8, 4) is 0 Å². The highest BCUT2D eigenvalue weighted by molar-refractivity contribution is 5.89. The Bertz CT molecular complexity index is 691. The second-order valence-electron chi connectivity index (χ2n) is 7.56. The predicted octanol–water partition coefficient (Wildman–Crippen LogP) is 5.19. The molecule has 1 aromatic carbocycles. The van der Waals surface area contributed by atoms with E-state index in [1.165, 1.54) is 29.9 Å². The second-order valence-corrected chi connectivity index (χ2v) is 7.56. The van der Waals surface area contributed by atoms with E-state index in [-0.39, 0.29) is 5.41 Å². The molecule has 2 rings (SSSR count). The molecular formula is C22H28O3. The largest absolute Gasteiger partial charge is 0.431 e. The number of aliphatic hydroxyl groups is 1. The van der Waals surface area contributed by atoms with Crippen LogP contribution < -0.4 is 0 Å². The summed E-state index contributed by atoms with van der Waals surface area (Å²) in [6, 6.07) is 8.78. The first-order chi connectivity index (χ1) is 11.7. The van der Waals surface area contributed by atoms with Crippen molar-refractivity contribution < 1.29 is 14.6 Å². The molecule has 0 aliphatic heterocycles. The molecule has 134 valence electrons. The van der Waals surface area contributed by atoms with Crippen LogP contribution in [-0.4, -0.2) is 16.7 Å². The molecule has 3 nitrogen and oxygen atoms in total. The Balaban J connectivity index is 2.02. The van der Waals surface area contributed by atoms with Crippen LogP contribution in [0.15, 0.2) is 66.0 Å². The molecule has 0 spiro atoms. The van der Waals surface area contributed by atoms with Crippen LogP contribution in [-0.2, 0) is 4.74 Å². The number of hydrogen-bond donors (Lipinski definition) is 1. The van der Waals surface area contributed by atoms with Gasteiger partial charge in [-0.25, -0.2) is 4.79 Å². The first-order valence-electron chi connectivity index (χ1n) is 8.77. The number of carbonyl (C=O) groups excluding carboxylic acids is 1. The number of esters is 1. The summed E-state index contributed by atoms with van der Waals surface area (Å²) in [6.07, 6.45) is 9.97. The Kier molecular flexibility index (Phi) is 6.02. The fraction of sp³-hybridized carbons (Fsp3) is 0.409. The highest BCUT2D eigenvalue weighted by atomic mass is 16.5. The first-order valence-corrected chi connectivity index (χ1v) is 8.77. The van der Waals surface area contributed by atoms with Gasteiger partial charge >= 0.3 is 5.97 Å². The number of benzene rings is 1. The standard InChI is InChI=1S/C22H28O3/c1-17-9-8-13-21(2,3)19(17)12-14-22(4,24)15-16-25-20(23)18-10-6-5-7-11-18/h5-7,10-12,14-16,24H,8-9,13H2,1-4H3/b14-12+,16-15-. The maximum Gasteiger partial charge on any atom is 0.342 e. The predicted molar refractivity (Wildman–Crippen MR) is 101 cm³/mol. The summed E-state index contributed by atoms with van der Waals surface area (Å²) in [4.78, 5) is 11.9. The maximum atomic E-state index is 11.9. The summed E-state index contributed by atoms with van der Waals surface area (Å²) in [5, 5.41) is 10.5. The molecule has 0 radical (unpaired) electrons. The lowest BCUT2D eigenvalue weighted by atomic mass is 9.72. The fourth-order valence-corrected chi connectivity index (χ4v) is 3.19. The van der Waals surface area contributed by atoms with E-state index in [2.05, 4.69) is 20.8 Å².